The molecule has 1 aromatic rings. The van der Waals surface area contributed by atoms with Crippen LogP contribution in [0.3, 0.4) is 0 Å². The lowest BCUT2D eigenvalue weighted by Crippen LogP contribution is -2.11. The smallest absolute Gasteiger partial charge is 0.168 e. The van der Waals surface area contributed by atoms with Gasteiger partial charge < -0.3 is 0 Å². The average molecular weight is 160 g/mol. The zero-order chi connectivity index (χ0) is 8.60. The van der Waals surface area contributed by atoms with E-state index in [4.69, 9.17) is 0 Å². The first-order valence-electron chi connectivity index (χ1n) is 4.32. The molecule has 0 atom stereocenters. The molecule has 1 saturated carbocycles. The Morgan fingerprint density at radius 1 is 1.25 bits per heavy atom. The number of carbonyl (C=O) groups is 1. The zero-order valence-electron chi connectivity index (χ0n) is 7.21. The minimum absolute atomic E-state index is 0.0264. The van der Waals surface area contributed by atoms with Crippen LogP contribution in [-0.2, 0) is 0 Å². The first kappa shape index (κ1) is 7.53. The van der Waals surface area contributed by atoms with Crippen molar-refractivity contribution in [3.63, 3.8) is 0 Å². The molecule has 0 amide bonds. The molecule has 0 heterocycles. The fraction of sp³-hybridized carbons (Fsp3) is 0.364. The topological polar surface area (TPSA) is 17.1 Å². The Morgan fingerprint density at radius 3 is 2.33 bits per heavy atom. The highest BCUT2D eigenvalue weighted by Crippen LogP contribution is 2.47. The third kappa shape index (κ3) is 1.15. The Bertz CT molecular complexity index is 296. The lowest BCUT2D eigenvalue weighted by Gasteiger charge is -2.05. The van der Waals surface area contributed by atoms with Crippen LogP contribution >= 0.6 is 0 Å². The molecular formula is C11H12O. The summed E-state index contributed by atoms with van der Waals surface area (Å²) in [4.78, 5) is 11.7. The Balaban J connectivity index is 2.26. The van der Waals surface area contributed by atoms with E-state index < -0.39 is 0 Å². The van der Waals surface area contributed by atoms with E-state index in [1.807, 2.05) is 37.3 Å². The molecule has 1 aliphatic rings. The van der Waals surface area contributed by atoms with Crippen LogP contribution in [0.2, 0.25) is 0 Å². The Kier molecular flexibility index (Phi) is 1.53. The normalized spacial score (nSPS) is 18.8. The van der Waals surface area contributed by atoms with Gasteiger partial charge in [0.25, 0.3) is 0 Å². The first-order chi connectivity index (χ1) is 5.72. The van der Waals surface area contributed by atoms with Gasteiger partial charge in [0.1, 0.15) is 0 Å². The van der Waals surface area contributed by atoms with E-state index in [2.05, 4.69) is 0 Å². The third-order valence-corrected chi connectivity index (χ3v) is 2.58. The molecular weight excluding hydrogens is 148 g/mol. The lowest BCUT2D eigenvalue weighted by molar-refractivity contribution is 0.0912. The van der Waals surface area contributed by atoms with E-state index in [0.29, 0.717) is 5.78 Å². The van der Waals surface area contributed by atoms with Crippen molar-refractivity contribution in [3.05, 3.63) is 35.9 Å². The third-order valence-electron chi connectivity index (χ3n) is 2.58. The van der Waals surface area contributed by atoms with Crippen molar-refractivity contribution in [1.29, 1.82) is 0 Å². The van der Waals surface area contributed by atoms with Gasteiger partial charge in [-0.2, -0.15) is 0 Å². The van der Waals surface area contributed by atoms with Crippen molar-refractivity contribution in [2.45, 2.75) is 19.8 Å². The number of ketones is 1. The lowest BCUT2D eigenvalue weighted by atomic mass is 9.97. The predicted molar refractivity (Wildman–Crippen MR) is 48.1 cm³/mol. The van der Waals surface area contributed by atoms with Gasteiger partial charge in [0, 0.05) is 11.0 Å². The molecule has 0 spiro atoms. The van der Waals surface area contributed by atoms with Gasteiger partial charge in [-0.15, -0.1) is 0 Å². The summed E-state index contributed by atoms with van der Waals surface area (Å²) >= 11 is 0. The molecule has 0 aromatic heterocycles. The fourth-order valence-corrected chi connectivity index (χ4v) is 1.35. The first-order valence-corrected chi connectivity index (χ1v) is 4.32. The number of hydrogen-bond donors (Lipinski definition) is 0. The monoisotopic (exact) mass is 160 g/mol. The van der Waals surface area contributed by atoms with Crippen LogP contribution in [0.1, 0.15) is 30.1 Å². The predicted octanol–water partition coefficient (Wildman–Crippen LogP) is 2.67. The summed E-state index contributed by atoms with van der Waals surface area (Å²) in [6, 6.07) is 9.56. The Hall–Kier alpha value is -1.11. The molecule has 0 aliphatic heterocycles. The van der Waals surface area contributed by atoms with Gasteiger partial charge >= 0.3 is 0 Å². The van der Waals surface area contributed by atoms with Gasteiger partial charge in [0.05, 0.1) is 0 Å². The van der Waals surface area contributed by atoms with Gasteiger partial charge in [-0.1, -0.05) is 37.3 Å². The summed E-state index contributed by atoms with van der Waals surface area (Å²) in [7, 11) is 0. The average Bonchev–Trinajstić information content (AvgIpc) is 2.85. The summed E-state index contributed by atoms with van der Waals surface area (Å²) in [6.45, 7) is 2.04. The fourth-order valence-electron chi connectivity index (χ4n) is 1.35. The molecule has 1 heteroatoms. The van der Waals surface area contributed by atoms with Crippen molar-refractivity contribution in [1.82, 2.24) is 0 Å². The largest absolute Gasteiger partial charge is 0.294 e. The summed E-state index contributed by atoms with van der Waals surface area (Å²) < 4.78 is 0. The molecule has 1 aliphatic carbocycles. The Morgan fingerprint density at radius 2 is 1.83 bits per heavy atom. The molecule has 1 aromatic carbocycles. The van der Waals surface area contributed by atoms with Gasteiger partial charge in [-0.25, -0.2) is 0 Å². The molecule has 0 bridgehead atoms. The molecule has 12 heavy (non-hydrogen) atoms. The van der Waals surface area contributed by atoms with E-state index in [9.17, 15) is 4.79 Å². The SMILES string of the molecule is CC1(C(=O)c2ccccc2)CC1. The number of Topliss-reactive ketones (excluding diaryl/α,β-unsaturated/α-hetero) is 1. The van der Waals surface area contributed by atoms with E-state index in [0.717, 1.165) is 18.4 Å². The minimum Gasteiger partial charge on any atom is -0.294 e. The number of benzene rings is 1. The van der Waals surface area contributed by atoms with Gasteiger partial charge in [-0.3, -0.25) is 4.79 Å². The van der Waals surface area contributed by atoms with E-state index >= 15 is 0 Å². The van der Waals surface area contributed by atoms with Crippen molar-refractivity contribution < 1.29 is 4.79 Å². The molecule has 0 saturated heterocycles. The minimum atomic E-state index is -0.0264. The second-order valence-electron chi connectivity index (χ2n) is 3.76. The molecule has 1 fully saturated rings. The van der Waals surface area contributed by atoms with E-state index in [-0.39, 0.29) is 5.41 Å². The number of carbonyl (C=O) groups excluding carboxylic acids is 1. The van der Waals surface area contributed by atoms with Crippen molar-refractivity contribution in [2.24, 2.45) is 5.41 Å². The summed E-state index contributed by atoms with van der Waals surface area (Å²) in [5.74, 6) is 0.308. The molecule has 62 valence electrons. The summed E-state index contributed by atoms with van der Waals surface area (Å²) in [5.41, 5.74) is 0.832. The molecule has 2 rings (SSSR count). The van der Waals surface area contributed by atoms with Crippen LogP contribution in [0.4, 0.5) is 0 Å². The molecule has 0 radical (unpaired) electrons. The van der Waals surface area contributed by atoms with E-state index in [1.165, 1.54) is 0 Å². The van der Waals surface area contributed by atoms with Crippen LogP contribution < -0.4 is 0 Å². The highest BCUT2D eigenvalue weighted by atomic mass is 16.1. The van der Waals surface area contributed by atoms with Crippen LogP contribution in [0.25, 0.3) is 0 Å². The number of hydrogen-bond acceptors (Lipinski definition) is 1. The zero-order valence-corrected chi connectivity index (χ0v) is 7.21. The second-order valence-corrected chi connectivity index (χ2v) is 3.76. The second kappa shape index (κ2) is 2.44. The summed E-state index contributed by atoms with van der Waals surface area (Å²) in [6.07, 6.45) is 2.11. The van der Waals surface area contributed by atoms with Crippen molar-refractivity contribution >= 4 is 5.78 Å². The maximum atomic E-state index is 11.7. The van der Waals surface area contributed by atoms with Gasteiger partial charge in [-0.05, 0) is 12.8 Å². The van der Waals surface area contributed by atoms with Crippen LogP contribution in [0, 0.1) is 5.41 Å². The highest BCUT2D eigenvalue weighted by molar-refractivity contribution is 6.01. The van der Waals surface area contributed by atoms with E-state index in [1.54, 1.807) is 0 Å². The van der Waals surface area contributed by atoms with Crippen LogP contribution in [-0.4, -0.2) is 5.78 Å². The standard InChI is InChI=1S/C11H12O/c1-11(7-8-11)10(12)9-5-3-2-4-6-9/h2-6H,7-8H2,1H3. The van der Waals surface area contributed by atoms with Gasteiger partial charge in [0.2, 0.25) is 0 Å². The summed E-state index contributed by atoms with van der Waals surface area (Å²) in [5, 5.41) is 0. The quantitative estimate of drug-likeness (QED) is 0.608. The molecule has 0 unspecified atom stereocenters. The van der Waals surface area contributed by atoms with Crippen molar-refractivity contribution in [3.8, 4) is 0 Å². The maximum Gasteiger partial charge on any atom is 0.168 e. The molecule has 0 N–H and O–H groups in total. The van der Waals surface area contributed by atoms with Crippen LogP contribution in [0.5, 0.6) is 0 Å². The maximum absolute atomic E-state index is 11.7. The van der Waals surface area contributed by atoms with Gasteiger partial charge in [0.15, 0.2) is 5.78 Å². The molecule has 1 nitrogen and oxygen atoms in total. The number of rotatable bonds is 2. The Labute approximate surface area is 72.4 Å². The van der Waals surface area contributed by atoms with Crippen LogP contribution in [0.15, 0.2) is 30.3 Å². The highest BCUT2D eigenvalue weighted by Gasteiger charge is 2.44. The van der Waals surface area contributed by atoms with Crippen molar-refractivity contribution in [2.75, 3.05) is 0 Å².